The van der Waals surface area contributed by atoms with E-state index in [9.17, 15) is 9.00 Å². The summed E-state index contributed by atoms with van der Waals surface area (Å²) in [5.74, 6) is 0.140. The molecule has 132 valence electrons. The summed E-state index contributed by atoms with van der Waals surface area (Å²) in [4.78, 5) is 13.0. The van der Waals surface area contributed by atoms with Crippen molar-refractivity contribution in [2.45, 2.75) is 38.2 Å². The molecule has 2 aromatic rings. The zero-order valence-corrected chi connectivity index (χ0v) is 16.7. The Morgan fingerprint density at radius 2 is 1.44 bits per heavy atom. The summed E-state index contributed by atoms with van der Waals surface area (Å²) in [5.41, 5.74) is 1.02. The van der Waals surface area contributed by atoms with Crippen LogP contribution in [0.3, 0.4) is 0 Å². The van der Waals surface area contributed by atoms with E-state index in [1.165, 1.54) is 10.8 Å². The van der Waals surface area contributed by atoms with E-state index < -0.39 is 19.3 Å². The van der Waals surface area contributed by atoms with Crippen molar-refractivity contribution in [3.05, 3.63) is 71.8 Å². The summed E-state index contributed by atoms with van der Waals surface area (Å²) in [5, 5.41) is 0. The molecule has 1 heterocycles. The lowest BCUT2D eigenvalue weighted by molar-refractivity contribution is 0.0749. The second kappa shape index (κ2) is 6.40. The molecule has 3 rings (SSSR count). The number of rotatable bonds is 6. The predicted octanol–water partition coefficient (Wildman–Crippen LogP) is 5.58. The van der Waals surface area contributed by atoms with E-state index in [2.05, 4.69) is 13.8 Å². The first kappa shape index (κ1) is 18.4. The van der Waals surface area contributed by atoms with Gasteiger partial charge in [-0.15, -0.1) is 0 Å². The minimum atomic E-state index is -0.965. The molecule has 0 saturated carbocycles. The SMILES string of the molecule is CC(C)(CC(C)(C)[C@@]1(c2ccccc2)SS1=O)C(=O)c1ccccc1. The van der Waals surface area contributed by atoms with Crippen LogP contribution >= 0.6 is 10.8 Å². The highest BCUT2D eigenvalue weighted by atomic mass is 33.2. The second-order valence-electron chi connectivity index (χ2n) is 7.94. The molecule has 2 atom stereocenters. The predicted molar refractivity (Wildman–Crippen MR) is 107 cm³/mol. The third kappa shape index (κ3) is 3.22. The molecule has 0 aromatic heterocycles. The summed E-state index contributed by atoms with van der Waals surface area (Å²) in [6, 6.07) is 19.5. The van der Waals surface area contributed by atoms with Crippen molar-refractivity contribution >= 4 is 26.4 Å². The van der Waals surface area contributed by atoms with Gasteiger partial charge in [-0.25, -0.2) is 4.21 Å². The highest BCUT2D eigenvalue weighted by Gasteiger charge is 2.66. The van der Waals surface area contributed by atoms with E-state index in [1.54, 1.807) is 0 Å². The number of hydrogen-bond acceptors (Lipinski definition) is 3. The zero-order valence-electron chi connectivity index (χ0n) is 15.1. The molecule has 1 aliphatic heterocycles. The maximum Gasteiger partial charge on any atom is 0.168 e. The van der Waals surface area contributed by atoms with Crippen LogP contribution in [0.25, 0.3) is 0 Å². The van der Waals surface area contributed by atoms with E-state index in [-0.39, 0.29) is 11.2 Å². The summed E-state index contributed by atoms with van der Waals surface area (Å²) in [6.07, 6.45) is 0.668. The fraction of sp³-hybridized carbons (Fsp3) is 0.381. The Morgan fingerprint density at radius 1 is 0.960 bits per heavy atom. The number of Topliss-reactive ketones (excluding diaryl/α,β-unsaturated/α-hetero) is 1. The van der Waals surface area contributed by atoms with Crippen molar-refractivity contribution in [1.29, 1.82) is 0 Å². The van der Waals surface area contributed by atoms with Crippen molar-refractivity contribution in [2.24, 2.45) is 10.8 Å². The van der Waals surface area contributed by atoms with Gasteiger partial charge in [-0.05, 0) is 28.2 Å². The van der Waals surface area contributed by atoms with Crippen molar-refractivity contribution in [2.75, 3.05) is 0 Å². The molecule has 0 spiro atoms. The third-order valence-corrected chi connectivity index (χ3v) is 9.27. The first-order chi connectivity index (χ1) is 11.7. The summed E-state index contributed by atoms with van der Waals surface area (Å²) < 4.78 is 12.1. The normalized spacial score (nSPS) is 23.3. The zero-order chi connectivity index (χ0) is 18.3. The first-order valence-electron chi connectivity index (χ1n) is 8.47. The molecule has 0 aliphatic carbocycles. The fourth-order valence-corrected chi connectivity index (χ4v) is 8.18. The molecule has 0 radical (unpaired) electrons. The maximum absolute atomic E-state index is 13.0. The van der Waals surface area contributed by atoms with Gasteiger partial charge in [-0.2, -0.15) is 0 Å². The maximum atomic E-state index is 13.0. The quantitative estimate of drug-likeness (QED) is 0.377. The standard InChI is InChI=1S/C21H24O2S2/c1-19(2,18(22)16-11-7-5-8-12-16)15-20(3,4)21(24-25(21)23)17-13-9-6-10-14-17/h5-14H,15H2,1-4H3/t21-,25?/m0/s1. The molecule has 25 heavy (non-hydrogen) atoms. The van der Waals surface area contributed by atoms with Gasteiger partial charge in [0.1, 0.15) is 13.9 Å². The van der Waals surface area contributed by atoms with Gasteiger partial charge in [0.2, 0.25) is 0 Å². The lowest BCUT2D eigenvalue weighted by atomic mass is 9.68. The van der Waals surface area contributed by atoms with Gasteiger partial charge in [-0.3, -0.25) is 4.79 Å². The Kier molecular flexibility index (Phi) is 4.71. The van der Waals surface area contributed by atoms with Gasteiger partial charge >= 0.3 is 0 Å². The average Bonchev–Trinajstić information content (AvgIpc) is 3.28. The number of hydrogen-bond donors (Lipinski definition) is 0. The van der Waals surface area contributed by atoms with Crippen LogP contribution in [0, 0.1) is 10.8 Å². The molecule has 0 amide bonds. The average molecular weight is 373 g/mol. The van der Waals surface area contributed by atoms with E-state index in [0.29, 0.717) is 6.42 Å². The number of carbonyl (C=O) groups is 1. The van der Waals surface area contributed by atoms with Crippen LogP contribution in [0.1, 0.15) is 50.0 Å². The largest absolute Gasteiger partial charge is 0.294 e. The Bertz CT molecular complexity index is 797. The number of carbonyl (C=O) groups excluding carboxylic acids is 1. The molecule has 0 N–H and O–H groups in total. The number of benzene rings is 2. The molecule has 1 saturated heterocycles. The van der Waals surface area contributed by atoms with Gasteiger partial charge in [0.15, 0.2) is 5.78 Å². The van der Waals surface area contributed by atoms with Gasteiger partial charge in [0, 0.05) is 11.0 Å². The Hall–Kier alpha value is -1.39. The minimum Gasteiger partial charge on any atom is -0.294 e. The van der Waals surface area contributed by atoms with Crippen LogP contribution in [0.15, 0.2) is 60.7 Å². The monoisotopic (exact) mass is 372 g/mol. The Morgan fingerprint density at radius 3 is 1.92 bits per heavy atom. The molecular formula is C21H24O2S2. The van der Waals surface area contributed by atoms with E-state index >= 15 is 0 Å². The van der Waals surface area contributed by atoms with Crippen LogP contribution in [0.4, 0.5) is 0 Å². The van der Waals surface area contributed by atoms with Gasteiger partial charge < -0.3 is 0 Å². The molecular weight excluding hydrogens is 348 g/mol. The van der Waals surface area contributed by atoms with Crippen LogP contribution in [0.2, 0.25) is 0 Å². The topological polar surface area (TPSA) is 34.1 Å². The highest BCUT2D eigenvalue weighted by Crippen LogP contribution is 2.71. The molecule has 4 heteroatoms. The van der Waals surface area contributed by atoms with E-state index in [0.717, 1.165) is 11.1 Å². The lowest BCUT2D eigenvalue weighted by Crippen LogP contribution is -2.38. The molecule has 2 aromatic carbocycles. The van der Waals surface area contributed by atoms with Gasteiger partial charge in [0.05, 0.1) is 0 Å². The van der Waals surface area contributed by atoms with E-state index in [4.69, 9.17) is 0 Å². The summed E-state index contributed by atoms with van der Waals surface area (Å²) >= 11 is 0. The molecule has 1 unspecified atom stereocenters. The van der Waals surface area contributed by atoms with Crippen LogP contribution in [-0.2, 0) is 13.9 Å². The van der Waals surface area contributed by atoms with Crippen molar-refractivity contribution < 1.29 is 9.00 Å². The van der Waals surface area contributed by atoms with Crippen LogP contribution < -0.4 is 0 Å². The Balaban J connectivity index is 1.90. The molecule has 0 bridgehead atoms. The van der Waals surface area contributed by atoms with Gasteiger partial charge in [-0.1, -0.05) is 88.4 Å². The smallest absolute Gasteiger partial charge is 0.168 e. The second-order valence-corrected chi connectivity index (χ2v) is 11.5. The summed E-state index contributed by atoms with van der Waals surface area (Å²) in [7, 11) is 0.543. The van der Waals surface area contributed by atoms with Crippen molar-refractivity contribution in [1.82, 2.24) is 0 Å². The molecule has 1 fully saturated rings. The van der Waals surface area contributed by atoms with Crippen LogP contribution in [-0.4, -0.2) is 9.99 Å². The van der Waals surface area contributed by atoms with Crippen LogP contribution in [0.5, 0.6) is 0 Å². The minimum absolute atomic E-state index is 0.140. The van der Waals surface area contributed by atoms with Crippen molar-refractivity contribution in [3.8, 4) is 0 Å². The lowest BCUT2D eigenvalue weighted by Gasteiger charge is -2.38. The number of ketones is 1. The summed E-state index contributed by atoms with van der Waals surface area (Å²) in [6.45, 7) is 8.27. The molecule has 1 aliphatic rings. The van der Waals surface area contributed by atoms with Crippen molar-refractivity contribution in [3.63, 3.8) is 0 Å². The fourth-order valence-electron chi connectivity index (χ4n) is 3.90. The first-order valence-corrected chi connectivity index (χ1v) is 11.0. The highest BCUT2D eigenvalue weighted by molar-refractivity contribution is 8.85. The molecule has 2 nitrogen and oxygen atoms in total. The third-order valence-electron chi connectivity index (χ3n) is 4.98. The van der Waals surface area contributed by atoms with E-state index in [1.807, 2.05) is 74.5 Å². The van der Waals surface area contributed by atoms with Gasteiger partial charge in [0.25, 0.3) is 0 Å². The Labute approximate surface area is 156 Å².